The van der Waals surface area contributed by atoms with E-state index in [4.69, 9.17) is 9.47 Å². The van der Waals surface area contributed by atoms with E-state index >= 15 is 0 Å². The molecular formula is C26H30O2. The minimum absolute atomic E-state index is 0.710. The van der Waals surface area contributed by atoms with Gasteiger partial charge in [-0.3, -0.25) is 0 Å². The van der Waals surface area contributed by atoms with Crippen molar-refractivity contribution in [3.05, 3.63) is 58.7 Å². The molecule has 0 N–H and O–H groups in total. The third-order valence-corrected chi connectivity index (χ3v) is 4.24. The van der Waals surface area contributed by atoms with Gasteiger partial charge in [-0.2, -0.15) is 0 Å². The maximum Gasteiger partial charge on any atom is 0.134 e. The summed E-state index contributed by atoms with van der Waals surface area (Å²) in [6.07, 6.45) is 4.29. The smallest absolute Gasteiger partial charge is 0.134 e. The molecule has 2 rings (SSSR count). The van der Waals surface area contributed by atoms with Crippen LogP contribution in [0.15, 0.2) is 36.4 Å². The van der Waals surface area contributed by atoms with Gasteiger partial charge in [-0.15, -0.1) is 0 Å². The summed E-state index contributed by atoms with van der Waals surface area (Å²) in [5.41, 5.74) is 4.08. The third kappa shape index (κ3) is 7.05. The number of ether oxygens (including phenoxy) is 2. The van der Waals surface area contributed by atoms with Crippen molar-refractivity contribution >= 4 is 0 Å². The van der Waals surface area contributed by atoms with Crippen molar-refractivity contribution in [2.24, 2.45) is 0 Å². The summed E-state index contributed by atoms with van der Waals surface area (Å²) in [6, 6.07) is 12.2. The fourth-order valence-corrected chi connectivity index (χ4v) is 2.58. The monoisotopic (exact) mass is 374 g/mol. The number of aryl methyl sites for hydroxylation is 2. The molecule has 0 unspecified atom stereocenters. The predicted octanol–water partition coefficient (Wildman–Crippen LogP) is 6.06. The summed E-state index contributed by atoms with van der Waals surface area (Å²) in [4.78, 5) is 0. The minimum atomic E-state index is 0.710. The highest BCUT2D eigenvalue weighted by atomic mass is 16.5. The van der Waals surface area contributed by atoms with Crippen molar-refractivity contribution in [3.63, 3.8) is 0 Å². The molecule has 2 heteroatoms. The van der Waals surface area contributed by atoms with Crippen LogP contribution in [-0.4, -0.2) is 13.2 Å². The Morgan fingerprint density at radius 2 is 1.11 bits per heavy atom. The molecule has 0 aliphatic heterocycles. The average molecular weight is 375 g/mol. The summed E-state index contributed by atoms with van der Waals surface area (Å²) in [5, 5.41) is 0. The molecule has 2 aromatic carbocycles. The lowest BCUT2D eigenvalue weighted by Crippen LogP contribution is -1.98. The van der Waals surface area contributed by atoms with E-state index in [0.29, 0.717) is 13.2 Å². The number of hydrogen-bond acceptors (Lipinski definition) is 2. The predicted molar refractivity (Wildman–Crippen MR) is 117 cm³/mol. The lowest BCUT2D eigenvalue weighted by molar-refractivity contribution is 0.308. The van der Waals surface area contributed by atoms with Gasteiger partial charge in [0.25, 0.3) is 0 Å². The molecule has 0 atom stereocenters. The molecule has 28 heavy (non-hydrogen) atoms. The maximum absolute atomic E-state index is 5.87. The van der Waals surface area contributed by atoms with Crippen molar-refractivity contribution in [2.75, 3.05) is 13.2 Å². The van der Waals surface area contributed by atoms with E-state index in [1.807, 2.05) is 36.4 Å². The van der Waals surface area contributed by atoms with Gasteiger partial charge in [0.15, 0.2) is 0 Å². The maximum atomic E-state index is 5.87. The fraction of sp³-hybridized carbons (Fsp3) is 0.385. The Balaban J connectivity index is 2.18. The van der Waals surface area contributed by atoms with Crippen LogP contribution in [-0.2, 0) is 0 Å². The average Bonchev–Trinajstić information content (AvgIpc) is 2.68. The number of benzene rings is 2. The standard InChI is InChI=1S/C26H30O2/c1-5-7-17-27-25-15-13-21(3)19-23(25)11-9-10-12-24-20-22(4)14-16-26(24)28-18-8-6-2/h13-16,19-20H,5-8,17-18H2,1-4H3. The Kier molecular flexibility index (Phi) is 9.03. The van der Waals surface area contributed by atoms with Crippen molar-refractivity contribution in [1.82, 2.24) is 0 Å². The first-order valence-electron chi connectivity index (χ1n) is 10.1. The fourth-order valence-electron chi connectivity index (χ4n) is 2.58. The van der Waals surface area contributed by atoms with Crippen molar-refractivity contribution < 1.29 is 9.47 Å². The summed E-state index contributed by atoms with van der Waals surface area (Å²) in [6.45, 7) is 9.84. The van der Waals surface area contributed by atoms with Gasteiger partial charge in [0.1, 0.15) is 11.5 Å². The lowest BCUT2D eigenvalue weighted by Gasteiger charge is -2.08. The molecule has 0 spiro atoms. The van der Waals surface area contributed by atoms with Gasteiger partial charge in [-0.25, -0.2) is 0 Å². The van der Waals surface area contributed by atoms with Gasteiger partial charge in [-0.05, 0) is 85.8 Å². The third-order valence-electron chi connectivity index (χ3n) is 4.24. The van der Waals surface area contributed by atoms with E-state index in [-0.39, 0.29) is 0 Å². The highest BCUT2D eigenvalue weighted by Crippen LogP contribution is 2.20. The highest BCUT2D eigenvalue weighted by molar-refractivity contribution is 5.53. The molecule has 0 radical (unpaired) electrons. The molecule has 0 saturated heterocycles. The van der Waals surface area contributed by atoms with E-state index in [2.05, 4.69) is 51.4 Å². The van der Waals surface area contributed by atoms with Crippen LogP contribution in [0.4, 0.5) is 0 Å². The van der Waals surface area contributed by atoms with Crippen molar-refractivity contribution in [1.29, 1.82) is 0 Å². The Morgan fingerprint density at radius 3 is 1.50 bits per heavy atom. The molecule has 0 amide bonds. The van der Waals surface area contributed by atoms with E-state index in [1.165, 1.54) is 0 Å². The lowest BCUT2D eigenvalue weighted by atomic mass is 10.1. The minimum Gasteiger partial charge on any atom is -0.492 e. The molecule has 0 aliphatic rings. The first-order chi connectivity index (χ1) is 13.6. The highest BCUT2D eigenvalue weighted by Gasteiger charge is 2.02. The summed E-state index contributed by atoms with van der Waals surface area (Å²) in [7, 11) is 0. The SMILES string of the molecule is CCCCOc1ccc(C)cc1C#CC#Cc1cc(C)ccc1OCCCC. The molecular weight excluding hydrogens is 344 g/mol. The molecule has 0 aromatic heterocycles. The normalized spacial score (nSPS) is 9.71. The molecule has 0 bridgehead atoms. The van der Waals surface area contributed by atoms with E-state index < -0.39 is 0 Å². The second kappa shape index (κ2) is 11.8. The number of hydrogen-bond donors (Lipinski definition) is 0. The first-order valence-corrected chi connectivity index (χ1v) is 10.1. The van der Waals surface area contributed by atoms with Gasteiger partial charge in [0.05, 0.1) is 24.3 Å². The topological polar surface area (TPSA) is 18.5 Å². The zero-order chi connectivity index (χ0) is 20.2. The van der Waals surface area contributed by atoms with Gasteiger partial charge in [0.2, 0.25) is 0 Å². The van der Waals surface area contributed by atoms with Gasteiger partial charge in [0, 0.05) is 0 Å². The molecule has 2 aromatic rings. The quantitative estimate of drug-likeness (QED) is 0.413. The largest absolute Gasteiger partial charge is 0.492 e. The van der Waals surface area contributed by atoms with Crippen LogP contribution >= 0.6 is 0 Å². The number of rotatable bonds is 8. The van der Waals surface area contributed by atoms with Crippen molar-refractivity contribution in [2.45, 2.75) is 53.4 Å². The van der Waals surface area contributed by atoms with Crippen LogP contribution in [0.2, 0.25) is 0 Å². The Bertz CT molecular complexity index is 813. The molecule has 0 fully saturated rings. The number of unbranched alkanes of at least 4 members (excludes halogenated alkanes) is 2. The van der Waals surface area contributed by atoms with Gasteiger partial charge < -0.3 is 9.47 Å². The molecule has 0 saturated carbocycles. The summed E-state index contributed by atoms with van der Waals surface area (Å²) >= 11 is 0. The molecule has 2 nitrogen and oxygen atoms in total. The summed E-state index contributed by atoms with van der Waals surface area (Å²) < 4.78 is 11.7. The molecule has 146 valence electrons. The van der Waals surface area contributed by atoms with E-state index in [0.717, 1.165) is 59.4 Å². The Hall–Kier alpha value is -2.84. The second-order valence-corrected chi connectivity index (χ2v) is 6.90. The molecule has 0 aliphatic carbocycles. The van der Waals surface area contributed by atoms with E-state index in [1.54, 1.807) is 0 Å². The van der Waals surface area contributed by atoms with Crippen LogP contribution < -0.4 is 9.47 Å². The zero-order valence-electron chi connectivity index (χ0n) is 17.5. The second-order valence-electron chi connectivity index (χ2n) is 6.90. The first kappa shape index (κ1) is 21.5. The van der Waals surface area contributed by atoms with Gasteiger partial charge >= 0.3 is 0 Å². The van der Waals surface area contributed by atoms with Crippen LogP contribution in [0.1, 0.15) is 61.8 Å². The van der Waals surface area contributed by atoms with Crippen LogP contribution in [0.5, 0.6) is 11.5 Å². The van der Waals surface area contributed by atoms with Crippen LogP contribution in [0.25, 0.3) is 0 Å². The van der Waals surface area contributed by atoms with Crippen LogP contribution in [0, 0.1) is 37.5 Å². The van der Waals surface area contributed by atoms with Gasteiger partial charge in [-0.1, -0.05) is 38.8 Å². The van der Waals surface area contributed by atoms with Crippen molar-refractivity contribution in [3.8, 4) is 35.2 Å². The zero-order valence-corrected chi connectivity index (χ0v) is 17.5. The van der Waals surface area contributed by atoms with Crippen LogP contribution in [0.3, 0.4) is 0 Å². The molecule has 0 heterocycles. The van der Waals surface area contributed by atoms with E-state index in [9.17, 15) is 0 Å². The Labute approximate surface area is 170 Å². The summed E-state index contributed by atoms with van der Waals surface area (Å²) in [5.74, 6) is 13.9. The Morgan fingerprint density at radius 1 is 0.679 bits per heavy atom.